The summed E-state index contributed by atoms with van der Waals surface area (Å²) in [5.74, 6) is 0.769. The second-order valence-electron chi connectivity index (χ2n) is 5.07. The number of rotatable bonds is 6. The summed E-state index contributed by atoms with van der Waals surface area (Å²) in [6.07, 6.45) is 6.13. The second kappa shape index (κ2) is 6.42. The molecule has 17 heavy (non-hydrogen) atoms. The lowest BCUT2D eigenvalue weighted by molar-refractivity contribution is 0.509. The average Bonchev–Trinajstić information content (AvgIpc) is 2.81. The zero-order valence-corrected chi connectivity index (χ0v) is 11.4. The standard InChI is InChI=1S/C15H22ClN/c1-12(4-3-9-16)17-11-13-7-8-14-5-2-6-15(14)10-13/h7-8,10,12,17H,2-6,9,11H2,1H3. The molecular weight excluding hydrogens is 230 g/mol. The monoisotopic (exact) mass is 251 g/mol. The molecule has 0 aromatic heterocycles. The second-order valence-corrected chi connectivity index (χ2v) is 5.45. The molecule has 1 N–H and O–H groups in total. The Bertz CT molecular complexity index is 362. The third-order valence-electron chi connectivity index (χ3n) is 3.59. The fraction of sp³-hybridized carbons (Fsp3) is 0.600. The number of benzene rings is 1. The number of hydrogen-bond donors (Lipinski definition) is 1. The molecule has 1 aliphatic rings. The highest BCUT2D eigenvalue weighted by atomic mass is 35.5. The van der Waals surface area contributed by atoms with Crippen LogP contribution in [0.1, 0.15) is 42.9 Å². The van der Waals surface area contributed by atoms with Crippen molar-refractivity contribution in [2.24, 2.45) is 0 Å². The van der Waals surface area contributed by atoms with Gasteiger partial charge in [0.15, 0.2) is 0 Å². The quantitative estimate of drug-likeness (QED) is 0.761. The van der Waals surface area contributed by atoms with E-state index in [4.69, 9.17) is 11.6 Å². The van der Waals surface area contributed by atoms with E-state index in [1.807, 2.05) is 0 Å². The molecule has 0 radical (unpaired) electrons. The summed E-state index contributed by atoms with van der Waals surface area (Å²) in [6.45, 7) is 3.22. The van der Waals surface area contributed by atoms with Crippen LogP contribution in [0.15, 0.2) is 18.2 Å². The summed E-state index contributed by atoms with van der Waals surface area (Å²) >= 11 is 5.70. The maximum absolute atomic E-state index is 5.70. The van der Waals surface area contributed by atoms with Crippen LogP contribution in [0.25, 0.3) is 0 Å². The first-order valence-electron chi connectivity index (χ1n) is 6.69. The lowest BCUT2D eigenvalue weighted by Gasteiger charge is -2.13. The first kappa shape index (κ1) is 12.9. The average molecular weight is 252 g/mol. The van der Waals surface area contributed by atoms with E-state index in [1.54, 1.807) is 11.1 Å². The van der Waals surface area contributed by atoms with Crippen LogP contribution in [0.4, 0.5) is 0 Å². The molecular formula is C15H22ClN. The number of hydrogen-bond acceptors (Lipinski definition) is 1. The van der Waals surface area contributed by atoms with E-state index < -0.39 is 0 Å². The molecule has 1 aromatic rings. The molecule has 1 unspecified atom stereocenters. The van der Waals surface area contributed by atoms with Crippen LogP contribution in [0.2, 0.25) is 0 Å². The van der Waals surface area contributed by atoms with Crippen LogP contribution >= 0.6 is 11.6 Å². The fourth-order valence-electron chi connectivity index (χ4n) is 2.51. The van der Waals surface area contributed by atoms with E-state index in [2.05, 4.69) is 30.4 Å². The molecule has 1 atom stereocenters. The molecule has 2 heteroatoms. The normalized spacial score (nSPS) is 15.9. The number of halogens is 1. The van der Waals surface area contributed by atoms with Crippen molar-refractivity contribution in [3.63, 3.8) is 0 Å². The largest absolute Gasteiger partial charge is 0.310 e. The van der Waals surface area contributed by atoms with E-state index in [1.165, 1.54) is 24.8 Å². The van der Waals surface area contributed by atoms with Crippen LogP contribution in [0.3, 0.4) is 0 Å². The van der Waals surface area contributed by atoms with Gasteiger partial charge < -0.3 is 5.32 Å². The Morgan fingerprint density at radius 1 is 1.29 bits per heavy atom. The zero-order chi connectivity index (χ0) is 12.1. The van der Waals surface area contributed by atoms with Gasteiger partial charge in [0, 0.05) is 18.5 Å². The van der Waals surface area contributed by atoms with Crippen molar-refractivity contribution in [2.75, 3.05) is 5.88 Å². The molecule has 1 nitrogen and oxygen atoms in total. The van der Waals surface area contributed by atoms with Crippen molar-refractivity contribution in [3.8, 4) is 0 Å². The minimum absolute atomic E-state index is 0.557. The van der Waals surface area contributed by atoms with E-state index in [-0.39, 0.29) is 0 Å². The van der Waals surface area contributed by atoms with Gasteiger partial charge in [-0.3, -0.25) is 0 Å². The van der Waals surface area contributed by atoms with Crippen LogP contribution in [-0.2, 0) is 19.4 Å². The highest BCUT2D eigenvalue weighted by Crippen LogP contribution is 2.22. The van der Waals surface area contributed by atoms with Crippen LogP contribution < -0.4 is 5.32 Å². The maximum Gasteiger partial charge on any atom is 0.0224 e. The lowest BCUT2D eigenvalue weighted by atomic mass is 10.1. The van der Waals surface area contributed by atoms with Gasteiger partial charge in [0.05, 0.1) is 0 Å². The number of aryl methyl sites for hydroxylation is 2. The van der Waals surface area contributed by atoms with Gasteiger partial charge in [0.25, 0.3) is 0 Å². The molecule has 0 amide bonds. The van der Waals surface area contributed by atoms with Crippen molar-refractivity contribution in [2.45, 2.75) is 51.6 Å². The third kappa shape index (κ3) is 3.72. The SMILES string of the molecule is CC(CCCCl)NCc1ccc2c(c1)CCC2. The van der Waals surface area contributed by atoms with Gasteiger partial charge in [-0.05, 0) is 55.7 Å². The Hall–Kier alpha value is -0.530. The summed E-state index contributed by atoms with van der Waals surface area (Å²) in [4.78, 5) is 0. The lowest BCUT2D eigenvalue weighted by Crippen LogP contribution is -2.25. The van der Waals surface area contributed by atoms with Gasteiger partial charge in [0.2, 0.25) is 0 Å². The van der Waals surface area contributed by atoms with Gasteiger partial charge in [-0.25, -0.2) is 0 Å². The van der Waals surface area contributed by atoms with Crippen LogP contribution in [0.5, 0.6) is 0 Å². The Labute approximate surface area is 110 Å². The predicted octanol–water partition coefficient (Wildman–Crippen LogP) is 3.67. The maximum atomic E-state index is 5.70. The molecule has 0 fully saturated rings. The van der Waals surface area contributed by atoms with Gasteiger partial charge in [0.1, 0.15) is 0 Å². The van der Waals surface area contributed by atoms with Crippen molar-refractivity contribution in [1.82, 2.24) is 5.32 Å². The zero-order valence-electron chi connectivity index (χ0n) is 10.6. The summed E-state index contributed by atoms with van der Waals surface area (Å²) in [5.41, 5.74) is 4.55. The molecule has 0 heterocycles. The highest BCUT2D eigenvalue weighted by Gasteiger charge is 2.10. The topological polar surface area (TPSA) is 12.0 Å². The first-order valence-corrected chi connectivity index (χ1v) is 7.23. The Kier molecular flexibility index (Phi) is 4.87. The number of fused-ring (bicyclic) bond motifs is 1. The highest BCUT2D eigenvalue weighted by molar-refractivity contribution is 6.17. The number of alkyl halides is 1. The summed E-state index contributed by atoms with van der Waals surface area (Å²) in [6, 6.07) is 7.51. The summed E-state index contributed by atoms with van der Waals surface area (Å²) < 4.78 is 0. The predicted molar refractivity (Wildman–Crippen MR) is 74.7 cm³/mol. The molecule has 0 saturated carbocycles. The van der Waals surface area contributed by atoms with E-state index in [9.17, 15) is 0 Å². The molecule has 1 aromatic carbocycles. The number of nitrogens with one attached hydrogen (secondary N) is 1. The van der Waals surface area contributed by atoms with Crippen molar-refractivity contribution in [3.05, 3.63) is 34.9 Å². The van der Waals surface area contributed by atoms with E-state index in [0.29, 0.717) is 6.04 Å². The van der Waals surface area contributed by atoms with E-state index in [0.717, 1.165) is 25.3 Å². The van der Waals surface area contributed by atoms with Crippen LogP contribution in [0, 0.1) is 0 Å². The van der Waals surface area contributed by atoms with E-state index >= 15 is 0 Å². The Morgan fingerprint density at radius 3 is 2.94 bits per heavy atom. The first-order chi connectivity index (χ1) is 8.29. The van der Waals surface area contributed by atoms with Crippen LogP contribution in [-0.4, -0.2) is 11.9 Å². The van der Waals surface area contributed by atoms with Crippen molar-refractivity contribution >= 4 is 11.6 Å². The van der Waals surface area contributed by atoms with Gasteiger partial charge in [-0.15, -0.1) is 11.6 Å². The molecule has 0 aliphatic heterocycles. The summed E-state index contributed by atoms with van der Waals surface area (Å²) in [5, 5.41) is 3.57. The molecule has 94 valence electrons. The minimum atomic E-state index is 0.557. The molecule has 2 rings (SSSR count). The molecule has 0 saturated heterocycles. The fourth-order valence-corrected chi connectivity index (χ4v) is 2.67. The minimum Gasteiger partial charge on any atom is -0.310 e. The van der Waals surface area contributed by atoms with Gasteiger partial charge in [-0.1, -0.05) is 18.2 Å². The molecule has 0 spiro atoms. The van der Waals surface area contributed by atoms with Gasteiger partial charge >= 0.3 is 0 Å². The smallest absolute Gasteiger partial charge is 0.0224 e. The molecule has 1 aliphatic carbocycles. The van der Waals surface area contributed by atoms with Crippen molar-refractivity contribution < 1.29 is 0 Å². The summed E-state index contributed by atoms with van der Waals surface area (Å²) in [7, 11) is 0. The van der Waals surface area contributed by atoms with Crippen molar-refractivity contribution in [1.29, 1.82) is 0 Å². The third-order valence-corrected chi connectivity index (χ3v) is 3.86. The molecule has 0 bridgehead atoms. The Morgan fingerprint density at radius 2 is 2.12 bits per heavy atom. The Balaban J connectivity index is 1.83. The van der Waals surface area contributed by atoms with Gasteiger partial charge in [-0.2, -0.15) is 0 Å².